The van der Waals surface area contributed by atoms with Crippen LogP contribution in [0.2, 0.25) is 10.0 Å². The van der Waals surface area contributed by atoms with Gasteiger partial charge in [-0.15, -0.1) is 0 Å². The van der Waals surface area contributed by atoms with E-state index < -0.39 is 0 Å². The summed E-state index contributed by atoms with van der Waals surface area (Å²) >= 11 is 11.9. The predicted octanol–water partition coefficient (Wildman–Crippen LogP) is 4.41. The third kappa shape index (κ3) is 3.67. The van der Waals surface area contributed by atoms with Crippen LogP contribution < -0.4 is 0 Å². The molecule has 1 aliphatic carbocycles. The van der Waals surface area contributed by atoms with Crippen LogP contribution in [-0.4, -0.2) is 47.2 Å². The number of piperidine rings is 1. The van der Waals surface area contributed by atoms with Gasteiger partial charge in [0.1, 0.15) is 0 Å². The Kier molecular flexibility index (Phi) is 5.66. The van der Waals surface area contributed by atoms with E-state index in [1.807, 2.05) is 4.90 Å². The highest BCUT2D eigenvalue weighted by atomic mass is 35.5. The average molecular weight is 423 g/mol. The molecule has 0 radical (unpaired) electrons. The first-order chi connectivity index (χ1) is 13.5. The number of likely N-dealkylation sites (tertiary alicyclic amines) is 1. The number of carbonyl (C=O) groups is 3. The van der Waals surface area contributed by atoms with Gasteiger partial charge < -0.3 is 4.90 Å². The molecule has 1 saturated carbocycles. The topological polar surface area (TPSA) is 57.7 Å². The lowest BCUT2D eigenvalue weighted by Gasteiger charge is -2.41. The summed E-state index contributed by atoms with van der Waals surface area (Å²) in [5, 5.41) is 0.509. The number of imide groups is 1. The number of benzene rings is 1. The number of amides is 3. The Morgan fingerprint density at radius 1 is 0.964 bits per heavy atom. The Bertz CT molecular complexity index is 785. The van der Waals surface area contributed by atoms with E-state index in [-0.39, 0.29) is 45.4 Å². The van der Waals surface area contributed by atoms with Crippen LogP contribution in [0.15, 0.2) is 12.1 Å². The van der Waals surface area contributed by atoms with Crippen molar-refractivity contribution in [3.05, 3.63) is 33.3 Å². The van der Waals surface area contributed by atoms with Crippen molar-refractivity contribution in [1.29, 1.82) is 0 Å². The van der Waals surface area contributed by atoms with E-state index in [9.17, 15) is 14.4 Å². The van der Waals surface area contributed by atoms with Crippen molar-refractivity contribution in [3.63, 3.8) is 0 Å². The molecule has 2 aliphatic heterocycles. The number of rotatable bonds is 4. The lowest BCUT2D eigenvalue weighted by molar-refractivity contribution is -0.134. The van der Waals surface area contributed by atoms with Crippen LogP contribution in [0.5, 0.6) is 0 Å². The molecule has 0 aromatic heterocycles. The zero-order valence-electron chi connectivity index (χ0n) is 15.8. The maximum atomic E-state index is 12.6. The zero-order valence-corrected chi connectivity index (χ0v) is 17.3. The third-order valence-electron chi connectivity index (χ3n) is 6.43. The second-order valence-corrected chi connectivity index (χ2v) is 8.92. The molecule has 2 fully saturated rings. The van der Waals surface area contributed by atoms with Crippen LogP contribution in [0.25, 0.3) is 0 Å². The predicted molar refractivity (Wildman–Crippen MR) is 108 cm³/mol. The summed E-state index contributed by atoms with van der Waals surface area (Å²) in [5.74, 6) is 0.835. The number of fused-ring (bicyclic) bond motifs is 2. The van der Waals surface area contributed by atoms with Gasteiger partial charge in [0.15, 0.2) is 0 Å². The van der Waals surface area contributed by atoms with E-state index in [1.165, 1.54) is 42.7 Å². The molecule has 0 bridgehead atoms. The van der Waals surface area contributed by atoms with E-state index in [0.717, 1.165) is 25.4 Å². The highest BCUT2D eigenvalue weighted by molar-refractivity contribution is 6.43. The first-order valence-corrected chi connectivity index (χ1v) is 10.8. The zero-order chi connectivity index (χ0) is 19.8. The summed E-state index contributed by atoms with van der Waals surface area (Å²) in [5.41, 5.74) is 0.565. The summed E-state index contributed by atoms with van der Waals surface area (Å²) in [6, 6.07) is 2.89. The Balaban J connectivity index is 1.31. The molecular formula is C21H24Cl2N2O3. The molecule has 150 valence electrons. The fourth-order valence-corrected chi connectivity index (χ4v) is 5.19. The van der Waals surface area contributed by atoms with Gasteiger partial charge in [-0.1, -0.05) is 42.5 Å². The van der Waals surface area contributed by atoms with Gasteiger partial charge >= 0.3 is 0 Å². The van der Waals surface area contributed by atoms with Crippen molar-refractivity contribution in [2.75, 3.05) is 19.6 Å². The standard InChI is InChI=1S/C21H24Cl2N2O3/c22-17-10-15-16(11-18(17)23)21(28)25(20(15)27)8-3-6-19(26)24-9-7-13-4-1-2-5-14(13)12-24/h10-11,13-14H,1-9,12H2. The number of hydrogen-bond donors (Lipinski definition) is 0. The normalized spacial score (nSPS) is 24.4. The van der Waals surface area contributed by atoms with Gasteiger partial charge in [-0.2, -0.15) is 0 Å². The van der Waals surface area contributed by atoms with Crippen LogP contribution in [0, 0.1) is 11.8 Å². The summed E-state index contributed by atoms with van der Waals surface area (Å²) in [4.78, 5) is 40.8. The molecule has 1 saturated heterocycles. The smallest absolute Gasteiger partial charge is 0.261 e. The van der Waals surface area contributed by atoms with Gasteiger partial charge in [-0.3, -0.25) is 19.3 Å². The second kappa shape index (κ2) is 8.03. The van der Waals surface area contributed by atoms with E-state index in [0.29, 0.717) is 18.8 Å². The highest BCUT2D eigenvalue weighted by Gasteiger charge is 2.36. The molecule has 3 aliphatic rings. The molecule has 3 amide bonds. The van der Waals surface area contributed by atoms with Crippen molar-refractivity contribution < 1.29 is 14.4 Å². The summed E-state index contributed by atoms with van der Waals surface area (Å²) in [6.45, 7) is 1.94. The van der Waals surface area contributed by atoms with Crippen molar-refractivity contribution >= 4 is 40.9 Å². The fourth-order valence-electron chi connectivity index (χ4n) is 4.86. The number of halogens is 2. The highest BCUT2D eigenvalue weighted by Crippen LogP contribution is 2.36. The minimum absolute atomic E-state index is 0.131. The maximum Gasteiger partial charge on any atom is 0.261 e. The van der Waals surface area contributed by atoms with Gasteiger partial charge in [-0.25, -0.2) is 0 Å². The van der Waals surface area contributed by atoms with Crippen molar-refractivity contribution in [2.24, 2.45) is 11.8 Å². The third-order valence-corrected chi connectivity index (χ3v) is 7.15. The first-order valence-electron chi connectivity index (χ1n) is 10.1. The molecule has 5 nitrogen and oxygen atoms in total. The molecule has 28 heavy (non-hydrogen) atoms. The molecule has 0 spiro atoms. The van der Waals surface area contributed by atoms with Gasteiger partial charge in [0.25, 0.3) is 11.8 Å². The van der Waals surface area contributed by atoms with Gasteiger partial charge in [-0.05, 0) is 43.2 Å². The first kappa shape index (κ1) is 19.7. The monoisotopic (exact) mass is 422 g/mol. The Hall–Kier alpha value is -1.59. The lowest BCUT2D eigenvalue weighted by Crippen LogP contribution is -2.44. The summed E-state index contributed by atoms with van der Waals surface area (Å²) < 4.78 is 0. The molecule has 1 aromatic carbocycles. The van der Waals surface area contributed by atoms with E-state index >= 15 is 0 Å². The molecule has 2 unspecified atom stereocenters. The number of nitrogens with zero attached hydrogens (tertiary/aromatic N) is 2. The van der Waals surface area contributed by atoms with E-state index in [1.54, 1.807) is 0 Å². The molecule has 4 rings (SSSR count). The second-order valence-electron chi connectivity index (χ2n) is 8.11. The minimum Gasteiger partial charge on any atom is -0.342 e. The Labute approximate surface area is 174 Å². The van der Waals surface area contributed by atoms with E-state index in [2.05, 4.69) is 0 Å². The molecule has 2 atom stereocenters. The average Bonchev–Trinajstić information content (AvgIpc) is 2.92. The SMILES string of the molecule is O=C(CCCN1C(=O)c2cc(Cl)c(Cl)cc2C1=O)N1CCC2CCCCC2C1. The minimum atomic E-state index is -0.367. The molecule has 7 heteroatoms. The van der Waals surface area contributed by atoms with Gasteiger partial charge in [0.05, 0.1) is 21.2 Å². The summed E-state index contributed by atoms with van der Waals surface area (Å²) in [7, 11) is 0. The summed E-state index contributed by atoms with van der Waals surface area (Å²) in [6.07, 6.45) is 7.07. The Morgan fingerprint density at radius 2 is 1.57 bits per heavy atom. The van der Waals surface area contributed by atoms with Crippen LogP contribution in [0.4, 0.5) is 0 Å². The molecule has 0 N–H and O–H groups in total. The van der Waals surface area contributed by atoms with Gasteiger partial charge in [0, 0.05) is 26.1 Å². The van der Waals surface area contributed by atoms with Crippen molar-refractivity contribution in [3.8, 4) is 0 Å². The van der Waals surface area contributed by atoms with Crippen LogP contribution in [-0.2, 0) is 4.79 Å². The lowest BCUT2D eigenvalue weighted by atomic mass is 9.75. The maximum absolute atomic E-state index is 12.6. The Morgan fingerprint density at radius 3 is 2.21 bits per heavy atom. The quantitative estimate of drug-likeness (QED) is 0.675. The van der Waals surface area contributed by atoms with Crippen LogP contribution in [0.3, 0.4) is 0 Å². The van der Waals surface area contributed by atoms with Gasteiger partial charge in [0.2, 0.25) is 5.91 Å². The largest absolute Gasteiger partial charge is 0.342 e. The van der Waals surface area contributed by atoms with Crippen LogP contribution >= 0.6 is 23.2 Å². The van der Waals surface area contributed by atoms with Crippen molar-refractivity contribution in [2.45, 2.75) is 44.9 Å². The number of carbonyl (C=O) groups excluding carboxylic acids is 3. The van der Waals surface area contributed by atoms with Crippen LogP contribution in [0.1, 0.15) is 65.7 Å². The van der Waals surface area contributed by atoms with Crippen molar-refractivity contribution in [1.82, 2.24) is 9.80 Å². The number of hydrogen-bond acceptors (Lipinski definition) is 3. The molecule has 1 aromatic rings. The van der Waals surface area contributed by atoms with E-state index in [4.69, 9.17) is 23.2 Å². The fraction of sp³-hybridized carbons (Fsp3) is 0.571. The molecular weight excluding hydrogens is 399 g/mol. The molecule has 2 heterocycles.